The Kier molecular flexibility index (Phi) is 14.6. The number of rotatable bonds is 15. The van der Waals surface area contributed by atoms with E-state index in [1.165, 1.54) is 71.9 Å². The summed E-state index contributed by atoms with van der Waals surface area (Å²) in [6.45, 7) is 3.27. The van der Waals surface area contributed by atoms with Crippen molar-refractivity contribution < 1.29 is 41.2 Å². The molecule has 0 aliphatic rings. The number of ether oxygens (including phenoxy) is 1. The van der Waals surface area contributed by atoms with Gasteiger partial charge in [-0.05, 0) is 36.4 Å². The van der Waals surface area contributed by atoms with Gasteiger partial charge in [0.15, 0.2) is 0 Å². The van der Waals surface area contributed by atoms with Gasteiger partial charge in [-0.2, -0.15) is 20.7 Å². The van der Waals surface area contributed by atoms with Gasteiger partial charge in [-0.25, -0.2) is 51.4 Å². The predicted molar refractivity (Wildman–Crippen MR) is 238 cm³/mol. The number of benzene rings is 4. The first-order valence-corrected chi connectivity index (χ1v) is 23.2. The number of methoxy groups -OCH3 is 1. The largest absolute Gasteiger partial charge is 0.470 e. The number of nitrogens with zero attached hydrogens (tertiary/aromatic N) is 10. The fraction of sp³-hybridized carbons (Fsp3) is 0.200. The number of hydrogen-bond acceptors (Lipinski definition) is 13. The van der Waals surface area contributed by atoms with E-state index in [9.17, 15) is 27.5 Å². The van der Waals surface area contributed by atoms with Crippen molar-refractivity contribution in [3.63, 3.8) is 0 Å². The van der Waals surface area contributed by atoms with Crippen molar-refractivity contribution in [2.24, 2.45) is 0 Å². The van der Waals surface area contributed by atoms with E-state index in [1.807, 2.05) is 30.5 Å². The Balaban J connectivity index is 0.000000200. The fourth-order valence-corrected chi connectivity index (χ4v) is 10.1. The van der Waals surface area contributed by atoms with E-state index in [0.717, 1.165) is 34.5 Å². The van der Waals surface area contributed by atoms with Crippen molar-refractivity contribution in [2.75, 3.05) is 7.11 Å². The summed E-state index contributed by atoms with van der Waals surface area (Å²) in [7, 11) is -3.72. The second-order valence-corrected chi connectivity index (χ2v) is 17.9. The molecule has 4 aromatic heterocycles. The van der Waals surface area contributed by atoms with Gasteiger partial charge in [-0.15, -0.1) is 22.7 Å². The number of halogens is 4. The van der Waals surface area contributed by atoms with Crippen LogP contribution in [0, 0.1) is 45.9 Å². The summed E-state index contributed by atoms with van der Waals surface area (Å²) in [5.74, 6) is -4.62. The summed E-state index contributed by atoms with van der Waals surface area (Å²) in [4.78, 5) is 36.8. The van der Waals surface area contributed by atoms with Crippen LogP contribution in [-0.2, 0) is 38.1 Å². The van der Waals surface area contributed by atoms with Gasteiger partial charge in [-0.3, -0.25) is 4.52 Å². The van der Waals surface area contributed by atoms with Crippen molar-refractivity contribution >= 4 is 30.5 Å². The number of nitriles is 2. The predicted octanol–water partition coefficient (Wildman–Crippen LogP) is 9.26. The normalized spacial score (nSPS) is 14.1. The van der Waals surface area contributed by atoms with E-state index in [-0.39, 0.29) is 24.2 Å². The summed E-state index contributed by atoms with van der Waals surface area (Å²) < 4.78 is 83.7. The average molecular weight is 969 g/mol. The average Bonchev–Trinajstić information content (AvgIpc) is 4.17. The van der Waals surface area contributed by atoms with Crippen molar-refractivity contribution in [1.82, 2.24) is 39.5 Å². The zero-order valence-electron chi connectivity index (χ0n) is 35.5. The lowest BCUT2D eigenvalue weighted by Gasteiger charge is -2.38. The molecule has 0 unspecified atom stereocenters. The molecule has 0 aliphatic heterocycles. The first-order chi connectivity index (χ1) is 32.1. The second kappa shape index (κ2) is 20.4. The molecule has 0 saturated heterocycles. The van der Waals surface area contributed by atoms with Crippen LogP contribution in [0.5, 0.6) is 0 Å². The SMILES string of the molecule is CO[C@@](Cn1cncn1)(c1ccc(F)cc1F)[C@@H](C)c1nc(-c2ccc(C#N)cc2)cs1.C[C@@H](c1nc(-c2ccc(C#N)cc2)cs1)[C@@](Cn1cncn1)(OP(=O)(O)O)c1ccc(F)cc1F. The van der Waals surface area contributed by atoms with Crippen LogP contribution in [-0.4, -0.2) is 56.4 Å². The second-order valence-electron chi connectivity index (χ2n) is 15.0. The van der Waals surface area contributed by atoms with Crippen molar-refractivity contribution in [3.8, 4) is 34.7 Å². The van der Waals surface area contributed by atoms with Crippen molar-refractivity contribution in [3.05, 3.63) is 177 Å². The zero-order chi connectivity index (χ0) is 47.9. The van der Waals surface area contributed by atoms with Gasteiger partial charge >= 0.3 is 7.82 Å². The molecule has 342 valence electrons. The Morgan fingerprint density at radius 1 is 0.687 bits per heavy atom. The highest BCUT2D eigenvalue weighted by atomic mass is 32.1. The number of aromatic nitrogens is 8. The molecule has 0 saturated carbocycles. The maximum Gasteiger partial charge on any atom is 0.470 e. The maximum atomic E-state index is 15.1. The molecule has 67 heavy (non-hydrogen) atoms. The summed E-state index contributed by atoms with van der Waals surface area (Å²) in [6, 6.07) is 24.1. The molecule has 0 bridgehead atoms. The maximum absolute atomic E-state index is 15.1. The summed E-state index contributed by atoms with van der Waals surface area (Å²) in [5, 5.41) is 30.9. The molecule has 0 fully saturated rings. The highest BCUT2D eigenvalue weighted by molar-refractivity contribution is 7.46. The Labute approximate surface area is 388 Å². The third kappa shape index (κ3) is 10.8. The van der Waals surface area contributed by atoms with Gasteiger partial charge in [0.2, 0.25) is 0 Å². The first kappa shape index (κ1) is 48.1. The molecule has 22 heteroatoms. The molecule has 15 nitrogen and oxygen atoms in total. The van der Waals surface area contributed by atoms with Gasteiger partial charge < -0.3 is 14.5 Å². The third-order valence-corrected chi connectivity index (χ3v) is 13.6. The van der Waals surface area contributed by atoms with Crippen LogP contribution >= 0.6 is 30.5 Å². The van der Waals surface area contributed by atoms with Crippen molar-refractivity contribution in [2.45, 2.75) is 50.0 Å². The third-order valence-electron chi connectivity index (χ3n) is 11.0. The lowest BCUT2D eigenvalue weighted by atomic mass is 9.81. The lowest BCUT2D eigenvalue weighted by Crippen LogP contribution is -2.40. The van der Waals surface area contributed by atoms with Crippen molar-refractivity contribution in [1.29, 1.82) is 10.5 Å². The minimum absolute atomic E-state index is 0.152. The van der Waals surface area contributed by atoms with Crippen LogP contribution in [0.15, 0.2) is 121 Å². The minimum Gasteiger partial charge on any atom is -0.371 e. The molecule has 0 spiro atoms. The molecular formula is C45H37F4N10O5PS2. The van der Waals surface area contributed by atoms with E-state index in [2.05, 4.69) is 31.2 Å². The summed E-state index contributed by atoms with van der Waals surface area (Å²) in [5.41, 5.74) is 0.589. The molecule has 0 aliphatic carbocycles. The quantitative estimate of drug-likeness (QED) is 0.0726. The molecule has 0 radical (unpaired) electrons. The van der Waals surface area contributed by atoms with E-state index in [4.69, 9.17) is 24.8 Å². The van der Waals surface area contributed by atoms with Gasteiger partial charge in [0, 0.05) is 64.1 Å². The minimum atomic E-state index is -5.21. The van der Waals surface area contributed by atoms with E-state index in [0.29, 0.717) is 33.5 Å². The van der Waals surface area contributed by atoms with Crippen LogP contribution in [0.3, 0.4) is 0 Å². The Hall–Kier alpha value is -6.81. The van der Waals surface area contributed by atoms with E-state index < -0.39 is 54.1 Å². The van der Waals surface area contributed by atoms with Crippen LogP contribution in [0.4, 0.5) is 17.6 Å². The summed E-state index contributed by atoms with van der Waals surface area (Å²) >= 11 is 2.60. The molecule has 4 aromatic carbocycles. The topological polar surface area (TPSA) is 211 Å². The van der Waals surface area contributed by atoms with Crippen LogP contribution in [0.2, 0.25) is 0 Å². The van der Waals surface area contributed by atoms with Crippen LogP contribution in [0.1, 0.15) is 58.0 Å². The highest BCUT2D eigenvalue weighted by Gasteiger charge is 2.49. The standard InChI is InChI=1S/C23H19F2N5OS.C22H18F2N5O4PS/c1-15(22-29-21(11-32-22)17-5-3-16(10-26)4-6-17)23(31-2,12-30-14-27-13-28-30)19-8-7-18(24)9-20(19)25;1-14(21-28-20(10-35-21)16-4-2-15(9-25)3-5-16)22(33-34(30,31)32,11-29-13-26-12-27-29)18-7-6-17(23)8-19(18)24/h3-9,11,13-15H,12H2,1-2H3;2-8,10,12-14H,11H2,1H3,(H2,30,31,32)/t15-,23+;14-,22+/m00/s1. The first-order valence-electron chi connectivity index (χ1n) is 19.9. The molecule has 4 atom stereocenters. The molecule has 2 N–H and O–H groups in total. The van der Waals surface area contributed by atoms with E-state index >= 15 is 4.39 Å². The Bertz CT molecular complexity index is 3090. The van der Waals surface area contributed by atoms with Gasteiger partial charge in [-0.1, -0.05) is 50.2 Å². The number of phosphoric acid groups is 1. The van der Waals surface area contributed by atoms with Crippen LogP contribution < -0.4 is 0 Å². The Morgan fingerprint density at radius 2 is 1.10 bits per heavy atom. The molecule has 8 rings (SSSR count). The van der Waals surface area contributed by atoms with E-state index in [1.54, 1.807) is 53.4 Å². The van der Waals surface area contributed by atoms with Gasteiger partial charge in [0.05, 0.1) is 57.8 Å². The van der Waals surface area contributed by atoms with Gasteiger partial charge in [0.25, 0.3) is 0 Å². The monoisotopic (exact) mass is 968 g/mol. The van der Waals surface area contributed by atoms with Gasteiger partial charge in [0.1, 0.15) is 59.8 Å². The van der Waals surface area contributed by atoms with Crippen LogP contribution in [0.25, 0.3) is 22.5 Å². The Morgan fingerprint density at radius 3 is 1.48 bits per heavy atom. The molecule has 0 amide bonds. The highest BCUT2D eigenvalue weighted by Crippen LogP contribution is 2.53. The number of thiazole rings is 2. The number of hydrogen-bond donors (Lipinski definition) is 2. The molecule has 4 heterocycles. The smallest absolute Gasteiger partial charge is 0.371 e. The molecule has 8 aromatic rings. The zero-order valence-corrected chi connectivity index (χ0v) is 38.0. The fourth-order valence-electron chi connectivity index (χ4n) is 7.47. The number of phosphoric ester groups is 1. The summed E-state index contributed by atoms with van der Waals surface area (Å²) in [6.07, 6.45) is 5.40. The lowest BCUT2D eigenvalue weighted by molar-refractivity contribution is -0.0538. The molecular weight excluding hydrogens is 932 g/mol.